The predicted octanol–water partition coefficient (Wildman–Crippen LogP) is 1.38. The van der Waals surface area contributed by atoms with E-state index in [0.29, 0.717) is 34.8 Å². The van der Waals surface area contributed by atoms with E-state index >= 15 is 0 Å². The van der Waals surface area contributed by atoms with Gasteiger partial charge in [0.25, 0.3) is 0 Å². The lowest BCUT2D eigenvalue weighted by Gasteiger charge is -2.06. The second-order valence-electron chi connectivity index (χ2n) is 5.34. The zero-order valence-corrected chi connectivity index (χ0v) is 15.2. The van der Waals surface area contributed by atoms with E-state index in [1.54, 1.807) is 36.7 Å². The van der Waals surface area contributed by atoms with Crippen molar-refractivity contribution in [2.24, 2.45) is 7.05 Å². The molecule has 1 aromatic carbocycles. The highest BCUT2D eigenvalue weighted by molar-refractivity contribution is 7.99. The highest BCUT2D eigenvalue weighted by atomic mass is 32.2. The van der Waals surface area contributed by atoms with Crippen LogP contribution in [0.4, 0.5) is 5.69 Å². The molecular weight excluding hydrogens is 360 g/mol. The number of nitrogens with one attached hydrogen (secondary N) is 1. The molecule has 0 radical (unpaired) electrons. The van der Waals surface area contributed by atoms with Crippen molar-refractivity contribution >= 4 is 29.3 Å². The molecule has 3 rings (SSSR count). The number of carbonyl (C=O) groups excluding carboxylic acids is 2. The fraction of sp³-hybridized carbons (Fsp3) is 0.375. The summed E-state index contributed by atoms with van der Waals surface area (Å²) in [6.45, 7) is 2.25. The molecule has 0 fully saturated rings. The normalized spacial score (nSPS) is 12.1. The third-order valence-electron chi connectivity index (χ3n) is 3.52. The summed E-state index contributed by atoms with van der Waals surface area (Å²) in [5, 5.41) is 11.3. The average molecular weight is 378 g/mol. The zero-order valence-electron chi connectivity index (χ0n) is 14.4. The first-order chi connectivity index (χ1) is 12.6. The van der Waals surface area contributed by atoms with Crippen LogP contribution in [0.1, 0.15) is 12.7 Å². The molecule has 1 aliphatic heterocycles. The summed E-state index contributed by atoms with van der Waals surface area (Å²) in [5.74, 6) is 1.35. The first-order valence-corrected chi connectivity index (χ1v) is 8.91. The van der Waals surface area contributed by atoms with Crippen molar-refractivity contribution in [3.05, 3.63) is 24.0 Å². The number of amides is 1. The minimum absolute atomic E-state index is 0.0429. The Labute approximate surface area is 154 Å². The van der Waals surface area contributed by atoms with Gasteiger partial charge in [0.1, 0.15) is 12.2 Å². The van der Waals surface area contributed by atoms with Gasteiger partial charge in [-0.2, -0.15) is 0 Å². The Kier molecular flexibility index (Phi) is 5.61. The standard InChI is InChI=1S/C16H18N4O5S/c1-3-23-15(22)7-13-18-19-16(20(13)2)26-8-14(21)17-10-4-5-11-12(6-10)25-9-24-11/h4-6H,3,7-9H2,1-2H3,(H,17,21). The van der Waals surface area contributed by atoms with E-state index in [9.17, 15) is 9.59 Å². The zero-order chi connectivity index (χ0) is 18.5. The average Bonchev–Trinajstić information content (AvgIpc) is 3.20. The minimum atomic E-state index is -0.361. The molecule has 10 heteroatoms. The van der Waals surface area contributed by atoms with E-state index < -0.39 is 0 Å². The van der Waals surface area contributed by atoms with Crippen molar-refractivity contribution in [1.82, 2.24) is 14.8 Å². The summed E-state index contributed by atoms with van der Waals surface area (Å²) in [4.78, 5) is 23.7. The number of nitrogens with zero attached hydrogens (tertiary/aromatic N) is 3. The van der Waals surface area contributed by atoms with Gasteiger partial charge < -0.3 is 24.1 Å². The number of rotatable bonds is 7. The lowest BCUT2D eigenvalue weighted by atomic mass is 10.3. The van der Waals surface area contributed by atoms with Crippen LogP contribution in [0.25, 0.3) is 0 Å². The third-order valence-corrected chi connectivity index (χ3v) is 4.54. The number of hydrogen-bond acceptors (Lipinski definition) is 8. The molecule has 0 bridgehead atoms. The maximum absolute atomic E-state index is 12.1. The summed E-state index contributed by atoms with van der Waals surface area (Å²) >= 11 is 1.23. The molecule has 1 aromatic heterocycles. The first-order valence-electron chi connectivity index (χ1n) is 7.93. The van der Waals surface area contributed by atoms with Crippen molar-refractivity contribution in [3.8, 4) is 11.5 Å². The van der Waals surface area contributed by atoms with Gasteiger partial charge in [-0.05, 0) is 19.1 Å². The summed E-state index contributed by atoms with van der Waals surface area (Å²) in [5.41, 5.74) is 0.626. The number of benzene rings is 1. The maximum Gasteiger partial charge on any atom is 0.313 e. The Morgan fingerprint density at radius 3 is 2.92 bits per heavy atom. The van der Waals surface area contributed by atoms with Crippen molar-refractivity contribution in [1.29, 1.82) is 0 Å². The topological polar surface area (TPSA) is 105 Å². The van der Waals surface area contributed by atoms with Gasteiger partial charge in [0.05, 0.1) is 12.4 Å². The quantitative estimate of drug-likeness (QED) is 0.569. The van der Waals surface area contributed by atoms with Crippen LogP contribution in [0.2, 0.25) is 0 Å². The van der Waals surface area contributed by atoms with Gasteiger partial charge >= 0.3 is 5.97 Å². The van der Waals surface area contributed by atoms with Crippen molar-refractivity contribution in [3.63, 3.8) is 0 Å². The Morgan fingerprint density at radius 2 is 2.12 bits per heavy atom. The molecule has 1 N–H and O–H groups in total. The van der Waals surface area contributed by atoms with Crippen LogP contribution in [0, 0.1) is 0 Å². The number of ether oxygens (including phenoxy) is 3. The Morgan fingerprint density at radius 1 is 1.31 bits per heavy atom. The molecule has 0 spiro atoms. The van der Waals surface area contributed by atoms with E-state index in [4.69, 9.17) is 14.2 Å². The van der Waals surface area contributed by atoms with Gasteiger partial charge in [-0.25, -0.2) is 0 Å². The summed E-state index contributed by atoms with van der Waals surface area (Å²) < 4.78 is 17.1. The fourth-order valence-electron chi connectivity index (χ4n) is 2.27. The smallest absolute Gasteiger partial charge is 0.313 e. The number of aromatic nitrogens is 3. The highest BCUT2D eigenvalue weighted by Gasteiger charge is 2.16. The number of carbonyl (C=O) groups is 2. The second-order valence-corrected chi connectivity index (χ2v) is 6.29. The SMILES string of the molecule is CCOC(=O)Cc1nnc(SCC(=O)Nc2ccc3c(c2)OCO3)n1C. The number of anilines is 1. The molecule has 0 atom stereocenters. The Hall–Kier alpha value is -2.75. The summed E-state index contributed by atoms with van der Waals surface area (Å²) in [7, 11) is 1.74. The van der Waals surface area contributed by atoms with Gasteiger partial charge in [0, 0.05) is 18.8 Å². The van der Waals surface area contributed by atoms with E-state index in [2.05, 4.69) is 15.5 Å². The molecule has 2 heterocycles. The number of fused-ring (bicyclic) bond motifs is 1. The molecule has 26 heavy (non-hydrogen) atoms. The van der Waals surface area contributed by atoms with E-state index in [-0.39, 0.29) is 30.8 Å². The lowest BCUT2D eigenvalue weighted by molar-refractivity contribution is -0.142. The fourth-order valence-corrected chi connectivity index (χ4v) is 3.00. The molecule has 9 nitrogen and oxygen atoms in total. The summed E-state index contributed by atoms with van der Waals surface area (Å²) in [6, 6.07) is 5.20. The van der Waals surface area contributed by atoms with Gasteiger partial charge in [0.15, 0.2) is 16.7 Å². The van der Waals surface area contributed by atoms with E-state index in [1.165, 1.54) is 11.8 Å². The molecule has 0 aliphatic carbocycles. The van der Waals surface area contributed by atoms with Gasteiger partial charge in [-0.3, -0.25) is 9.59 Å². The van der Waals surface area contributed by atoms with Crippen LogP contribution in [0.5, 0.6) is 11.5 Å². The molecule has 2 aromatic rings. The summed E-state index contributed by atoms with van der Waals surface area (Å²) in [6.07, 6.45) is 0.0429. The minimum Gasteiger partial charge on any atom is -0.466 e. The van der Waals surface area contributed by atoms with Crippen LogP contribution in [-0.4, -0.2) is 45.8 Å². The monoisotopic (exact) mass is 378 g/mol. The van der Waals surface area contributed by atoms with Crippen molar-refractivity contribution in [2.75, 3.05) is 24.5 Å². The van der Waals surface area contributed by atoms with Gasteiger partial charge in [-0.15, -0.1) is 10.2 Å². The number of thioether (sulfide) groups is 1. The van der Waals surface area contributed by atoms with Crippen molar-refractivity contribution < 1.29 is 23.8 Å². The molecule has 0 saturated heterocycles. The number of hydrogen-bond donors (Lipinski definition) is 1. The Bertz CT molecular complexity index is 823. The first kappa shape index (κ1) is 18.1. The van der Waals surface area contributed by atoms with Crippen LogP contribution >= 0.6 is 11.8 Å². The molecule has 1 aliphatic rings. The third kappa shape index (κ3) is 4.26. The lowest BCUT2D eigenvalue weighted by Crippen LogP contribution is -2.15. The van der Waals surface area contributed by atoms with E-state index in [1.807, 2.05) is 0 Å². The molecule has 1 amide bonds. The second kappa shape index (κ2) is 8.09. The highest BCUT2D eigenvalue weighted by Crippen LogP contribution is 2.34. The van der Waals surface area contributed by atoms with Crippen LogP contribution in [0.15, 0.2) is 23.4 Å². The van der Waals surface area contributed by atoms with Crippen LogP contribution in [0.3, 0.4) is 0 Å². The molecule has 0 unspecified atom stereocenters. The van der Waals surface area contributed by atoms with Crippen molar-refractivity contribution in [2.45, 2.75) is 18.5 Å². The van der Waals surface area contributed by atoms with Crippen LogP contribution < -0.4 is 14.8 Å². The molecule has 138 valence electrons. The van der Waals surface area contributed by atoms with E-state index in [0.717, 1.165) is 0 Å². The predicted molar refractivity (Wildman–Crippen MR) is 93.3 cm³/mol. The Balaban J connectivity index is 1.53. The van der Waals surface area contributed by atoms with Gasteiger partial charge in [0.2, 0.25) is 12.7 Å². The molecular formula is C16H18N4O5S. The molecule has 0 saturated carbocycles. The number of esters is 1. The van der Waals surface area contributed by atoms with Crippen LogP contribution in [-0.2, 0) is 27.8 Å². The maximum atomic E-state index is 12.1. The van der Waals surface area contributed by atoms with Gasteiger partial charge in [-0.1, -0.05) is 11.8 Å². The largest absolute Gasteiger partial charge is 0.466 e.